The van der Waals surface area contributed by atoms with Crippen LogP contribution in [0.15, 0.2) is 18.2 Å². The summed E-state index contributed by atoms with van der Waals surface area (Å²) in [7, 11) is 1.31. The van der Waals surface area contributed by atoms with Crippen molar-refractivity contribution in [1.29, 1.82) is 0 Å². The van der Waals surface area contributed by atoms with E-state index in [4.69, 9.17) is 5.73 Å². The third-order valence-corrected chi connectivity index (χ3v) is 2.33. The van der Waals surface area contributed by atoms with Crippen LogP contribution in [-0.2, 0) is 9.53 Å². The van der Waals surface area contributed by atoms with Gasteiger partial charge in [-0.25, -0.2) is 4.39 Å². The fraction of sp³-hybridized carbons (Fsp3) is 0.333. The zero-order chi connectivity index (χ0) is 13.5. The summed E-state index contributed by atoms with van der Waals surface area (Å²) in [5.41, 5.74) is 5.57. The molecule has 3 N–H and O–H groups in total. The number of nitrogens with one attached hydrogen (secondary N) is 1. The molecule has 1 rings (SSSR count). The van der Waals surface area contributed by atoms with Crippen LogP contribution in [0.25, 0.3) is 0 Å². The molecule has 1 amide bonds. The Morgan fingerprint density at radius 3 is 2.78 bits per heavy atom. The molecule has 0 unspecified atom stereocenters. The Morgan fingerprint density at radius 2 is 2.17 bits per heavy atom. The van der Waals surface area contributed by atoms with Crippen molar-refractivity contribution in [3.8, 4) is 0 Å². The van der Waals surface area contributed by atoms with Crippen molar-refractivity contribution in [2.45, 2.75) is 12.8 Å². The SMILES string of the molecule is COC(=O)CCCNC(=O)c1ccc(F)c(N)c1. The molecule has 0 aliphatic heterocycles. The number of rotatable bonds is 5. The molecule has 0 heterocycles. The quantitative estimate of drug-likeness (QED) is 0.468. The minimum atomic E-state index is -0.558. The molecular formula is C12H15FN2O3. The molecule has 0 radical (unpaired) electrons. The van der Waals surface area contributed by atoms with Gasteiger partial charge in [-0.05, 0) is 24.6 Å². The summed E-state index contributed by atoms with van der Waals surface area (Å²) in [6.45, 7) is 0.339. The largest absolute Gasteiger partial charge is 0.469 e. The number of carbonyl (C=O) groups is 2. The number of benzene rings is 1. The molecule has 0 saturated carbocycles. The molecule has 0 saturated heterocycles. The van der Waals surface area contributed by atoms with E-state index in [0.717, 1.165) is 6.07 Å². The minimum Gasteiger partial charge on any atom is -0.469 e. The highest BCUT2D eigenvalue weighted by molar-refractivity contribution is 5.95. The molecular weight excluding hydrogens is 239 g/mol. The maximum Gasteiger partial charge on any atom is 0.305 e. The van der Waals surface area contributed by atoms with E-state index in [1.807, 2.05) is 0 Å². The standard InChI is InChI=1S/C12H15FN2O3/c1-18-11(16)3-2-6-15-12(17)8-4-5-9(13)10(14)7-8/h4-5,7H,2-3,6,14H2,1H3,(H,15,17). The van der Waals surface area contributed by atoms with Crippen LogP contribution in [0, 0.1) is 5.82 Å². The highest BCUT2D eigenvalue weighted by Gasteiger charge is 2.08. The summed E-state index contributed by atoms with van der Waals surface area (Å²) in [4.78, 5) is 22.4. The Balaban J connectivity index is 2.41. The van der Waals surface area contributed by atoms with Crippen LogP contribution in [0.3, 0.4) is 0 Å². The van der Waals surface area contributed by atoms with Crippen molar-refractivity contribution in [3.63, 3.8) is 0 Å². The van der Waals surface area contributed by atoms with Crippen molar-refractivity contribution in [3.05, 3.63) is 29.6 Å². The molecule has 0 fully saturated rings. The normalized spacial score (nSPS) is 9.89. The molecule has 0 spiro atoms. The van der Waals surface area contributed by atoms with Crippen molar-refractivity contribution >= 4 is 17.6 Å². The smallest absolute Gasteiger partial charge is 0.305 e. The zero-order valence-electron chi connectivity index (χ0n) is 10.0. The molecule has 0 aromatic heterocycles. The van der Waals surface area contributed by atoms with Crippen LogP contribution in [0.4, 0.5) is 10.1 Å². The summed E-state index contributed by atoms with van der Waals surface area (Å²) >= 11 is 0. The average molecular weight is 254 g/mol. The highest BCUT2D eigenvalue weighted by atomic mass is 19.1. The summed E-state index contributed by atoms with van der Waals surface area (Å²) in [6, 6.07) is 3.75. The van der Waals surface area contributed by atoms with E-state index in [-0.39, 0.29) is 29.5 Å². The first-order chi connectivity index (χ1) is 8.54. The Kier molecular flexibility index (Phi) is 5.10. The first kappa shape index (κ1) is 14.0. The molecule has 1 aromatic rings. The summed E-state index contributed by atoms with van der Waals surface area (Å²) in [5.74, 6) is -1.24. The zero-order valence-corrected chi connectivity index (χ0v) is 10.0. The fourth-order valence-corrected chi connectivity index (χ4v) is 1.32. The van der Waals surface area contributed by atoms with Gasteiger partial charge in [0.05, 0.1) is 12.8 Å². The maximum atomic E-state index is 12.9. The number of halogens is 1. The Bertz CT molecular complexity index is 449. The number of anilines is 1. The number of nitrogen functional groups attached to an aromatic ring is 1. The highest BCUT2D eigenvalue weighted by Crippen LogP contribution is 2.11. The minimum absolute atomic E-state index is 0.0720. The van der Waals surface area contributed by atoms with Gasteiger partial charge in [-0.1, -0.05) is 0 Å². The van der Waals surface area contributed by atoms with Crippen LogP contribution >= 0.6 is 0 Å². The molecule has 1 aromatic carbocycles. The monoisotopic (exact) mass is 254 g/mol. The Hall–Kier alpha value is -2.11. The van der Waals surface area contributed by atoms with E-state index in [1.54, 1.807) is 0 Å². The first-order valence-electron chi connectivity index (χ1n) is 5.44. The number of hydrogen-bond acceptors (Lipinski definition) is 4. The van der Waals surface area contributed by atoms with Crippen LogP contribution in [0.1, 0.15) is 23.2 Å². The number of carbonyl (C=O) groups excluding carboxylic acids is 2. The van der Waals surface area contributed by atoms with E-state index in [9.17, 15) is 14.0 Å². The van der Waals surface area contributed by atoms with Crippen molar-refractivity contribution in [2.75, 3.05) is 19.4 Å². The topological polar surface area (TPSA) is 81.4 Å². The van der Waals surface area contributed by atoms with Gasteiger partial charge in [-0.15, -0.1) is 0 Å². The third kappa shape index (κ3) is 4.04. The fourth-order valence-electron chi connectivity index (χ4n) is 1.32. The number of ether oxygens (including phenoxy) is 1. The second-order valence-corrected chi connectivity index (χ2v) is 3.67. The van der Waals surface area contributed by atoms with Gasteiger partial charge in [0.2, 0.25) is 0 Å². The predicted molar refractivity (Wildman–Crippen MR) is 64.4 cm³/mol. The molecule has 98 valence electrons. The number of esters is 1. The van der Waals surface area contributed by atoms with Gasteiger partial charge in [0.1, 0.15) is 5.82 Å². The van der Waals surface area contributed by atoms with Crippen LogP contribution in [0.5, 0.6) is 0 Å². The second-order valence-electron chi connectivity index (χ2n) is 3.67. The van der Waals surface area contributed by atoms with Gasteiger partial charge < -0.3 is 15.8 Å². The number of amides is 1. The van der Waals surface area contributed by atoms with Crippen LogP contribution in [0.2, 0.25) is 0 Å². The first-order valence-corrected chi connectivity index (χ1v) is 5.44. The van der Waals surface area contributed by atoms with E-state index >= 15 is 0 Å². The van der Waals surface area contributed by atoms with Crippen molar-refractivity contribution < 1.29 is 18.7 Å². The summed E-state index contributed by atoms with van der Waals surface area (Å²) < 4.78 is 17.3. The molecule has 0 aliphatic carbocycles. The lowest BCUT2D eigenvalue weighted by atomic mass is 10.2. The van der Waals surface area contributed by atoms with Gasteiger partial charge in [-0.2, -0.15) is 0 Å². The molecule has 0 bridgehead atoms. The molecule has 18 heavy (non-hydrogen) atoms. The van der Waals surface area contributed by atoms with E-state index < -0.39 is 5.82 Å². The number of nitrogens with two attached hydrogens (primary N) is 1. The Labute approximate surface area is 104 Å². The van der Waals surface area contributed by atoms with Crippen molar-refractivity contribution in [1.82, 2.24) is 5.32 Å². The van der Waals surface area contributed by atoms with E-state index in [0.29, 0.717) is 13.0 Å². The molecule has 5 nitrogen and oxygen atoms in total. The van der Waals surface area contributed by atoms with Gasteiger partial charge in [0.15, 0.2) is 0 Å². The molecule has 0 aliphatic rings. The Morgan fingerprint density at radius 1 is 1.44 bits per heavy atom. The average Bonchev–Trinajstić information content (AvgIpc) is 2.37. The van der Waals surface area contributed by atoms with E-state index in [2.05, 4.69) is 10.1 Å². The molecule has 6 heteroatoms. The van der Waals surface area contributed by atoms with Crippen LogP contribution < -0.4 is 11.1 Å². The van der Waals surface area contributed by atoms with Gasteiger partial charge >= 0.3 is 5.97 Å². The van der Waals surface area contributed by atoms with Gasteiger partial charge in [0, 0.05) is 18.5 Å². The maximum absolute atomic E-state index is 12.9. The van der Waals surface area contributed by atoms with Gasteiger partial charge in [-0.3, -0.25) is 9.59 Å². The second kappa shape index (κ2) is 6.58. The molecule has 0 atom stereocenters. The van der Waals surface area contributed by atoms with Crippen molar-refractivity contribution in [2.24, 2.45) is 0 Å². The summed E-state index contributed by atoms with van der Waals surface area (Å²) in [6.07, 6.45) is 0.720. The lowest BCUT2D eigenvalue weighted by molar-refractivity contribution is -0.140. The van der Waals surface area contributed by atoms with Gasteiger partial charge in [0.25, 0.3) is 5.91 Å². The van der Waals surface area contributed by atoms with Crippen LogP contribution in [-0.4, -0.2) is 25.5 Å². The lowest BCUT2D eigenvalue weighted by Crippen LogP contribution is -2.25. The number of methoxy groups -OCH3 is 1. The third-order valence-electron chi connectivity index (χ3n) is 2.33. The van der Waals surface area contributed by atoms with E-state index in [1.165, 1.54) is 19.2 Å². The lowest BCUT2D eigenvalue weighted by Gasteiger charge is -2.05. The predicted octanol–water partition coefficient (Wildman–Crippen LogP) is 1.09. The summed E-state index contributed by atoms with van der Waals surface area (Å²) in [5, 5.41) is 2.60. The number of hydrogen-bond donors (Lipinski definition) is 2.